The van der Waals surface area contributed by atoms with Gasteiger partial charge in [0.2, 0.25) is 10.0 Å². The van der Waals surface area contributed by atoms with Crippen LogP contribution >= 0.6 is 11.3 Å². The number of ether oxygens (including phenoxy) is 1. The van der Waals surface area contributed by atoms with Crippen molar-refractivity contribution in [3.8, 4) is 0 Å². The lowest BCUT2D eigenvalue weighted by molar-refractivity contribution is 0.0997. The maximum absolute atomic E-state index is 14.4. The highest BCUT2D eigenvalue weighted by atomic mass is 32.2. The summed E-state index contributed by atoms with van der Waals surface area (Å²) in [5.41, 5.74) is 0.642. The molecule has 2 heterocycles. The second-order valence-electron chi connectivity index (χ2n) is 7.52. The number of halogens is 1. The normalized spacial score (nSPS) is 16.0. The highest BCUT2D eigenvalue weighted by molar-refractivity contribution is 7.89. The minimum Gasteiger partial charge on any atom is -0.383 e. The van der Waals surface area contributed by atoms with E-state index in [9.17, 15) is 17.6 Å². The van der Waals surface area contributed by atoms with Crippen molar-refractivity contribution in [2.75, 3.05) is 26.8 Å². The van der Waals surface area contributed by atoms with E-state index in [1.807, 2.05) is 0 Å². The van der Waals surface area contributed by atoms with Gasteiger partial charge in [0.25, 0.3) is 5.91 Å². The number of sulfonamides is 1. The molecular formula is C22H24FN3O4S2. The molecule has 0 saturated carbocycles. The molecule has 0 spiro atoms. The number of hydrogen-bond acceptors (Lipinski definition) is 5. The van der Waals surface area contributed by atoms with Crippen LogP contribution in [0, 0.1) is 5.82 Å². The van der Waals surface area contributed by atoms with Gasteiger partial charge in [-0.3, -0.25) is 4.79 Å². The van der Waals surface area contributed by atoms with Gasteiger partial charge in [-0.15, -0.1) is 0 Å². The summed E-state index contributed by atoms with van der Waals surface area (Å²) in [4.78, 5) is 17.5. The standard InChI is InChI=1S/C22H24FN3O4S2/c1-30-15-14-26-20-18(23)6-5-7-19(20)31-22(26)24-21(27)16-8-10-17(11-9-16)32(28,29)25-12-3-2-4-13-25/h5-11H,2-4,12-15H2,1H3. The molecule has 0 unspecified atom stereocenters. The zero-order chi connectivity index (χ0) is 22.7. The molecule has 2 aromatic carbocycles. The van der Waals surface area contributed by atoms with Gasteiger partial charge in [-0.25, -0.2) is 12.8 Å². The Bertz CT molecular complexity index is 1290. The molecule has 1 aliphatic heterocycles. The number of carbonyl (C=O) groups excluding carboxylic acids is 1. The molecule has 3 aromatic rings. The summed E-state index contributed by atoms with van der Waals surface area (Å²) in [7, 11) is -2.02. The zero-order valence-electron chi connectivity index (χ0n) is 17.7. The summed E-state index contributed by atoms with van der Waals surface area (Å²) in [5, 5.41) is 0. The maximum atomic E-state index is 14.4. The van der Waals surface area contributed by atoms with Crippen LogP contribution in [-0.2, 0) is 21.3 Å². The number of benzene rings is 2. The Morgan fingerprint density at radius 2 is 1.84 bits per heavy atom. The van der Waals surface area contributed by atoms with E-state index in [-0.39, 0.29) is 10.5 Å². The van der Waals surface area contributed by atoms with Crippen LogP contribution in [0.5, 0.6) is 0 Å². The van der Waals surface area contributed by atoms with Crippen molar-refractivity contribution in [2.24, 2.45) is 4.99 Å². The summed E-state index contributed by atoms with van der Waals surface area (Å²) in [5.74, 6) is -0.916. The topological polar surface area (TPSA) is 81.0 Å². The highest BCUT2D eigenvalue weighted by Gasteiger charge is 2.26. The smallest absolute Gasteiger partial charge is 0.279 e. The van der Waals surface area contributed by atoms with Crippen molar-refractivity contribution in [1.82, 2.24) is 8.87 Å². The summed E-state index contributed by atoms with van der Waals surface area (Å²) in [6.45, 7) is 1.71. The fourth-order valence-electron chi connectivity index (χ4n) is 3.74. The van der Waals surface area contributed by atoms with E-state index in [2.05, 4.69) is 4.99 Å². The second-order valence-corrected chi connectivity index (χ2v) is 10.5. The van der Waals surface area contributed by atoms with Crippen LogP contribution in [0.15, 0.2) is 52.4 Å². The third-order valence-corrected chi connectivity index (χ3v) is 8.38. The lowest BCUT2D eigenvalue weighted by Gasteiger charge is -2.25. The van der Waals surface area contributed by atoms with Crippen LogP contribution < -0.4 is 4.80 Å². The number of methoxy groups -OCH3 is 1. The predicted octanol–water partition coefficient (Wildman–Crippen LogP) is 3.40. The van der Waals surface area contributed by atoms with E-state index in [1.54, 1.807) is 23.8 Å². The lowest BCUT2D eigenvalue weighted by Crippen LogP contribution is -2.35. The van der Waals surface area contributed by atoms with Crippen LogP contribution in [0.4, 0.5) is 4.39 Å². The van der Waals surface area contributed by atoms with Gasteiger partial charge in [-0.2, -0.15) is 9.30 Å². The minimum absolute atomic E-state index is 0.162. The molecule has 7 nitrogen and oxygen atoms in total. The molecule has 0 N–H and O–H groups in total. The Hall–Kier alpha value is -2.40. The molecule has 4 rings (SSSR count). The fraction of sp³-hybridized carbons (Fsp3) is 0.364. The van der Waals surface area contributed by atoms with E-state index in [1.165, 1.54) is 46.0 Å². The van der Waals surface area contributed by atoms with E-state index >= 15 is 0 Å². The monoisotopic (exact) mass is 477 g/mol. The van der Waals surface area contributed by atoms with Crippen LogP contribution in [0.25, 0.3) is 10.2 Å². The van der Waals surface area contributed by atoms with E-state index in [4.69, 9.17) is 4.74 Å². The van der Waals surface area contributed by atoms with Crippen molar-refractivity contribution < 1.29 is 22.3 Å². The van der Waals surface area contributed by atoms with Crippen LogP contribution in [-0.4, -0.2) is 50.0 Å². The first kappa shape index (κ1) is 22.8. The number of thiazole rings is 1. The summed E-state index contributed by atoms with van der Waals surface area (Å²) < 4.78 is 48.9. The van der Waals surface area contributed by atoms with Gasteiger partial charge in [0.05, 0.1) is 21.7 Å². The Morgan fingerprint density at radius 3 is 2.53 bits per heavy atom. The third kappa shape index (κ3) is 4.54. The van der Waals surface area contributed by atoms with Crippen molar-refractivity contribution in [1.29, 1.82) is 0 Å². The SMILES string of the molecule is COCCn1c(=NC(=O)c2ccc(S(=O)(=O)N3CCCCC3)cc2)sc2cccc(F)c21. The molecule has 1 fully saturated rings. The predicted molar refractivity (Wildman–Crippen MR) is 121 cm³/mol. The van der Waals surface area contributed by atoms with E-state index in [0.717, 1.165) is 19.3 Å². The average molecular weight is 478 g/mol. The van der Waals surface area contributed by atoms with Gasteiger partial charge in [0, 0.05) is 32.3 Å². The van der Waals surface area contributed by atoms with E-state index in [0.29, 0.717) is 41.3 Å². The number of para-hydroxylation sites is 1. The minimum atomic E-state index is -3.57. The summed E-state index contributed by atoms with van der Waals surface area (Å²) in [6, 6.07) is 10.6. The fourth-order valence-corrected chi connectivity index (χ4v) is 6.32. The van der Waals surface area contributed by atoms with Crippen molar-refractivity contribution in [3.05, 3.63) is 58.6 Å². The van der Waals surface area contributed by atoms with Gasteiger partial charge in [0.1, 0.15) is 5.82 Å². The molecule has 32 heavy (non-hydrogen) atoms. The second kappa shape index (κ2) is 9.62. The summed E-state index contributed by atoms with van der Waals surface area (Å²) >= 11 is 1.22. The number of fused-ring (bicyclic) bond motifs is 1. The van der Waals surface area contributed by atoms with E-state index < -0.39 is 21.7 Å². The number of carbonyl (C=O) groups is 1. The Labute approximate surface area is 189 Å². The Kier molecular flexibility index (Phi) is 6.85. The van der Waals surface area contributed by atoms with Gasteiger partial charge < -0.3 is 9.30 Å². The third-order valence-electron chi connectivity index (χ3n) is 5.42. The molecule has 0 radical (unpaired) electrons. The number of amides is 1. The van der Waals surface area contributed by atoms with Crippen molar-refractivity contribution in [2.45, 2.75) is 30.7 Å². The van der Waals surface area contributed by atoms with Crippen LogP contribution in [0.3, 0.4) is 0 Å². The lowest BCUT2D eigenvalue weighted by atomic mass is 10.2. The molecule has 10 heteroatoms. The van der Waals surface area contributed by atoms with Crippen LogP contribution in [0.1, 0.15) is 29.6 Å². The molecule has 0 atom stereocenters. The molecular weight excluding hydrogens is 453 g/mol. The number of piperidine rings is 1. The van der Waals surface area contributed by atoms with Crippen LogP contribution in [0.2, 0.25) is 0 Å². The molecule has 170 valence electrons. The van der Waals surface area contributed by atoms with Crippen molar-refractivity contribution >= 4 is 37.5 Å². The number of rotatable bonds is 6. The first-order valence-corrected chi connectivity index (χ1v) is 12.6. The Balaban J connectivity index is 1.65. The van der Waals surface area contributed by atoms with Gasteiger partial charge in [0.15, 0.2) is 4.80 Å². The average Bonchev–Trinajstić information content (AvgIpc) is 3.16. The first-order valence-electron chi connectivity index (χ1n) is 10.4. The quantitative estimate of drug-likeness (QED) is 0.545. The molecule has 1 aliphatic rings. The number of aromatic nitrogens is 1. The largest absolute Gasteiger partial charge is 0.383 e. The van der Waals surface area contributed by atoms with Gasteiger partial charge in [-0.05, 0) is 49.2 Å². The zero-order valence-corrected chi connectivity index (χ0v) is 19.3. The van der Waals surface area contributed by atoms with Gasteiger partial charge >= 0.3 is 0 Å². The summed E-state index contributed by atoms with van der Waals surface area (Å²) in [6.07, 6.45) is 2.74. The first-order chi connectivity index (χ1) is 15.4. The Morgan fingerprint density at radius 1 is 1.12 bits per heavy atom. The number of nitrogens with zero attached hydrogens (tertiary/aromatic N) is 3. The molecule has 0 aliphatic carbocycles. The van der Waals surface area contributed by atoms with Gasteiger partial charge in [-0.1, -0.05) is 23.8 Å². The highest BCUT2D eigenvalue weighted by Crippen LogP contribution is 2.22. The van der Waals surface area contributed by atoms with Crippen molar-refractivity contribution in [3.63, 3.8) is 0 Å². The molecule has 1 aromatic heterocycles. The molecule has 1 amide bonds. The molecule has 0 bridgehead atoms. The molecule has 1 saturated heterocycles. The maximum Gasteiger partial charge on any atom is 0.279 e. The number of hydrogen-bond donors (Lipinski definition) is 0.